The molecule has 0 amide bonds. The molecule has 0 aliphatic rings. The molecule has 24 heavy (non-hydrogen) atoms. The van der Waals surface area contributed by atoms with Crippen molar-refractivity contribution < 1.29 is 52.5 Å². The summed E-state index contributed by atoms with van der Waals surface area (Å²) in [6.45, 7) is 0. The van der Waals surface area contributed by atoms with Gasteiger partial charge in [-0.15, -0.1) is 0 Å². The Morgan fingerprint density at radius 3 is 0.833 bits per heavy atom. The van der Waals surface area contributed by atoms with Crippen molar-refractivity contribution in [2.45, 2.75) is 0 Å². The summed E-state index contributed by atoms with van der Waals surface area (Å²) >= 11 is 0. The van der Waals surface area contributed by atoms with E-state index in [4.69, 9.17) is 14.4 Å². The van der Waals surface area contributed by atoms with E-state index in [1.54, 1.807) is 0 Å². The lowest BCUT2D eigenvalue weighted by Crippen LogP contribution is -1.98. The molecule has 0 unspecified atom stereocenters. The molecule has 0 aliphatic carbocycles. The summed E-state index contributed by atoms with van der Waals surface area (Å²) in [5.41, 5.74) is 0. The number of methoxy groups -OCH3 is 4. The second-order valence-corrected chi connectivity index (χ2v) is 3.61. The van der Waals surface area contributed by atoms with Crippen LogP contribution in [0.3, 0.4) is 0 Å². The zero-order chi connectivity index (χ0) is 19.5. The topological polar surface area (TPSA) is 163 Å². The first kappa shape index (κ1) is 26.4. The van der Waals surface area contributed by atoms with Gasteiger partial charge in [0.15, 0.2) is 0 Å². The fourth-order valence-electron chi connectivity index (χ4n) is 0.544. The lowest BCUT2D eigenvalue weighted by molar-refractivity contribution is -0.137. The lowest BCUT2D eigenvalue weighted by Gasteiger charge is -1.89. The molecule has 0 aromatic carbocycles. The number of ether oxygens (including phenoxy) is 4. The molecule has 0 radical (unpaired) electrons. The van der Waals surface area contributed by atoms with Gasteiger partial charge < -0.3 is 28.7 Å². The summed E-state index contributed by atoms with van der Waals surface area (Å²) in [7, 11) is 1.77. The summed E-state index contributed by atoms with van der Waals surface area (Å²) in [5, 5.41) is 0. The highest BCUT2D eigenvalue weighted by Gasteiger charge is 1.95. The molecule has 0 saturated carbocycles. The average Bonchev–Trinajstić information content (AvgIpc) is 2.56. The van der Waals surface area contributed by atoms with Crippen molar-refractivity contribution in [3.8, 4) is 0 Å². The van der Waals surface area contributed by atoms with Gasteiger partial charge in [-0.05, 0) is 0 Å². The van der Waals surface area contributed by atoms with Crippen molar-refractivity contribution in [3.05, 3.63) is 24.3 Å². The Morgan fingerprint density at radius 2 is 0.750 bits per heavy atom. The molecule has 11 nitrogen and oxygen atoms in total. The fraction of sp³-hybridized carbons (Fsp3) is 0.333. The molecular formula is C12H19O11P. The van der Waals surface area contributed by atoms with Crippen LogP contribution in [0.25, 0.3) is 0 Å². The molecule has 12 heteroatoms. The Bertz CT molecular complexity index is 403. The van der Waals surface area contributed by atoms with Gasteiger partial charge in [-0.25, -0.2) is 19.2 Å². The van der Waals surface area contributed by atoms with Gasteiger partial charge in [-0.1, -0.05) is 0 Å². The standard InChI is InChI=1S/2C6H8O4.H3O3P/c2*1-9-5(7)3-4-6(8)10-2;1-4(2)3/h2*3-4H,1-2H3;4H,(H2,1,2,3)/b2*4-3-;. The number of hydrogen-bond acceptors (Lipinski definition) is 9. The first-order chi connectivity index (χ1) is 11.1. The molecule has 0 aromatic heterocycles. The van der Waals surface area contributed by atoms with Gasteiger partial charge in [-0.2, -0.15) is 0 Å². The Kier molecular flexibility index (Phi) is 20.4. The first-order valence-electron chi connectivity index (χ1n) is 5.74. The third-order valence-corrected chi connectivity index (χ3v) is 1.52. The smallest absolute Gasteiger partial charge is 0.330 e. The Hall–Kier alpha value is -2.49. The predicted octanol–water partition coefficient (Wildman–Crippen LogP) is -0.862. The van der Waals surface area contributed by atoms with E-state index in [0.29, 0.717) is 0 Å². The minimum absolute atomic E-state index is 0.578. The fourth-order valence-corrected chi connectivity index (χ4v) is 0.544. The summed E-state index contributed by atoms with van der Waals surface area (Å²) in [5.74, 6) is -2.31. The van der Waals surface area contributed by atoms with Crippen LogP contribution < -0.4 is 0 Å². The van der Waals surface area contributed by atoms with Crippen LogP contribution in [-0.4, -0.2) is 62.1 Å². The highest BCUT2D eigenvalue weighted by atomic mass is 31.1. The van der Waals surface area contributed by atoms with E-state index < -0.39 is 32.1 Å². The molecular weight excluding hydrogens is 351 g/mol. The summed E-state index contributed by atoms with van der Waals surface area (Å²) in [6, 6.07) is 0. The first-order valence-corrected chi connectivity index (χ1v) is 7.04. The van der Waals surface area contributed by atoms with Gasteiger partial charge >= 0.3 is 32.1 Å². The molecule has 0 saturated heterocycles. The predicted molar refractivity (Wildman–Crippen MR) is 79.8 cm³/mol. The van der Waals surface area contributed by atoms with Gasteiger partial charge in [0.2, 0.25) is 0 Å². The second kappa shape index (κ2) is 18.6. The van der Waals surface area contributed by atoms with Gasteiger partial charge in [0.05, 0.1) is 28.4 Å². The minimum Gasteiger partial charge on any atom is -0.466 e. The van der Waals surface area contributed by atoms with Gasteiger partial charge in [0, 0.05) is 24.3 Å². The van der Waals surface area contributed by atoms with E-state index in [0.717, 1.165) is 24.3 Å². The molecule has 0 bridgehead atoms. The molecule has 0 atom stereocenters. The highest BCUT2D eigenvalue weighted by molar-refractivity contribution is 7.30. The van der Waals surface area contributed by atoms with E-state index in [-0.39, 0.29) is 0 Å². The maximum Gasteiger partial charge on any atom is 0.330 e. The van der Waals surface area contributed by atoms with Crippen molar-refractivity contribution in [2.24, 2.45) is 0 Å². The molecule has 0 fully saturated rings. The van der Waals surface area contributed by atoms with E-state index in [1.165, 1.54) is 28.4 Å². The van der Waals surface area contributed by atoms with Gasteiger partial charge in [0.1, 0.15) is 0 Å². The Labute approximate surface area is 138 Å². The van der Waals surface area contributed by atoms with Crippen LogP contribution in [0.15, 0.2) is 24.3 Å². The Balaban J connectivity index is -0.000000301. The van der Waals surface area contributed by atoms with E-state index in [1.807, 2.05) is 0 Å². The number of esters is 4. The number of carbonyl (C=O) groups excluding carboxylic acids is 4. The van der Waals surface area contributed by atoms with Gasteiger partial charge in [-0.3, -0.25) is 4.57 Å². The molecule has 138 valence electrons. The zero-order valence-electron chi connectivity index (χ0n) is 13.4. The second-order valence-electron chi connectivity index (χ2n) is 3.04. The SMILES string of the molecule is COC(=O)/C=C\C(=O)OC.COC(=O)/C=C\C(=O)OC.O=[PH](O)O. The quantitative estimate of drug-likeness (QED) is 0.274. The summed E-state index contributed by atoms with van der Waals surface area (Å²) in [4.78, 5) is 55.6. The monoisotopic (exact) mass is 370 g/mol. The van der Waals surface area contributed by atoms with Crippen LogP contribution in [0.1, 0.15) is 0 Å². The number of carbonyl (C=O) groups is 4. The van der Waals surface area contributed by atoms with E-state index in [2.05, 4.69) is 18.9 Å². The van der Waals surface area contributed by atoms with Crippen LogP contribution in [0, 0.1) is 0 Å². The maximum absolute atomic E-state index is 10.3. The van der Waals surface area contributed by atoms with Crippen LogP contribution in [0.5, 0.6) is 0 Å². The van der Waals surface area contributed by atoms with Crippen molar-refractivity contribution in [1.29, 1.82) is 0 Å². The van der Waals surface area contributed by atoms with Crippen molar-refractivity contribution in [1.82, 2.24) is 0 Å². The Morgan fingerprint density at radius 1 is 0.625 bits per heavy atom. The van der Waals surface area contributed by atoms with Crippen molar-refractivity contribution >= 4 is 32.1 Å². The van der Waals surface area contributed by atoms with Crippen LogP contribution >= 0.6 is 8.25 Å². The van der Waals surface area contributed by atoms with E-state index in [9.17, 15) is 19.2 Å². The van der Waals surface area contributed by atoms with Gasteiger partial charge in [0.25, 0.3) is 0 Å². The van der Waals surface area contributed by atoms with Crippen LogP contribution in [0.4, 0.5) is 0 Å². The lowest BCUT2D eigenvalue weighted by atomic mass is 10.5. The largest absolute Gasteiger partial charge is 0.466 e. The summed E-state index contributed by atoms with van der Waals surface area (Å²) in [6.07, 6.45) is 3.97. The maximum atomic E-state index is 10.3. The number of rotatable bonds is 4. The summed E-state index contributed by atoms with van der Waals surface area (Å²) < 4.78 is 25.6. The molecule has 0 rings (SSSR count). The van der Waals surface area contributed by atoms with E-state index >= 15 is 0 Å². The minimum atomic E-state index is -3.13. The van der Waals surface area contributed by atoms with Crippen LogP contribution in [-0.2, 0) is 42.7 Å². The molecule has 0 aromatic rings. The molecule has 2 N–H and O–H groups in total. The van der Waals surface area contributed by atoms with Crippen LogP contribution in [0.2, 0.25) is 0 Å². The third-order valence-electron chi connectivity index (χ3n) is 1.52. The highest BCUT2D eigenvalue weighted by Crippen LogP contribution is 1.98. The average molecular weight is 370 g/mol. The molecule has 0 aliphatic heterocycles. The zero-order valence-corrected chi connectivity index (χ0v) is 14.4. The van der Waals surface area contributed by atoms with Crippen molar-refractivity contribution in [2.75, 3.05) is 28.4 Å². The number of hydrogen-bond donors (Lipinski definition) is 2. The molecule has 0 spiro atoms. The normalized spacial score (nSPS) is 9.29. The van der Waals surface area contributed by atoms with Crippen molar-refractivity contribution in [3.63, 3.8) is 0 Å². The molecule has 0 heterocycles. The third kappa shape index (κ3) is 27.8.